The van der Waals surface area contributed by atoms with Crippen LogP contribution >= 0.6 is 12.4 Å². The normalized spacial score (nSPS) is 11.1. The van der Waals surface area contributed by atoms with Crippen LogP contribution in [0.3, 0.4) is 0 Å². The Bertz CT molecular complexity index is 423. The van der Waals surface area contributed by atoms with Crippen LogP contribution in [0.5, 0.6) is 0 Å². The summed E-state index contributed by atoms with van der Waals surface area (Å²) in [6.45, 7) is 12.7. The molecule has 0 saturated carbocycles. The molecule has 0 spiro atoms. The molecular weight excluding hydrogens is 276 g/mol. The lowest BCUT2D eigenvalue weighted by molar-refractivity contribution is 0.0952. The highest BCUT2D eigenvalue weighted by Crippen LogP contribution is 2.19. The number of likely N-dealkylation sites (N-methyl/N-ethyl adjacent to an activating group) is 1. The van der Waals surface area contributed by atoms with Gasteiger partial charge in [0.1, 0.15) is 0 Å². The van der Waals surface area contributed by atoms with Crippen molar-refractivity contribution in [1.82, 2.24) is 20.4 Å². The summed E-state index contributed by atoms with van der Waals surface area (Å²) in [6.07, 6.45) is 2.47. The van der Waals surface area contributed by atoms with Crippen LogP contribution in [0, 0.1) is 0 Å². The highest BCUT2D eigenvalue weighted by atomic mass is 35.5. The molecule has 20 heavy (non-hydrogen) atoms. The van der Waals surface area contributed by atoms with Gasteiger partial charge in [0, 0.05) is 13.1 Å². The Kier molecular flexibility index (Phi) is 7.83. The molecule has 1 aromatic heterocycles. The summed E-state index contributed by atoms with van der Waals surface area (Å²) >= 11 is 0. The highest BCUT2D eigenvalue weighted by molar-refractivity contribution is 5.95. The van der Waals surface area contributed by atoms with Crippen LogP contribution in [0.4, 0.5) is 0 Å². The SMILES string of the molecule is CCNCCNC(=O)c1cnn(C(C)(C)C)c1CC.Cl. The van der Waals surface area contributed by atoms with Crippen molar-refractivity contribution >= 4 is 18.3 Å². The second-order valence-corrected chi connectivity index (χ2v) is 5.55. The van der Waals surface area contributed by atoms with Gasteiger partial charge in [-0.15, -0.1) is 12.4 Å². The van der Waals surface area contributed by atoms with E-state index in [1.807, 2.05) is 11.6 Å². The van der Waals surface area contributed by atoms with E-state index in [1.54, 1.807) is 6.20 Å². The van der Waals surface area contributed by atoms with Crippen molar-refractivity contribution in [2.45, 2.75) is 46.6 Å². The molecule has 0 atom stereocenters. The second-order valence-electron chi connectivity index (χ2n) is 5.55. The zero-order valence-corrected chi connectivity index (χ0v) is 13.9. The summed E-state index contributed by atoms with van der Waals surface area (Å²) in [4.78, 5) is 12.1. The summed E-state index contributed by atoms with van der Waals surface area (Å²) in [5.41, 5.74) is 1.58. The van der Waals surface area contributed by atoms with Crippen molar-refractivity contribution in [2.24, 2.45) is 0 Å². The Labute approximate surface area is 127 Å². The Balaban J connectivity index is 0.00000361. The van der Waals surface area contributed by atoms with Crippen LogP contribution in [0.25, 0.3) is 0 Å². The molecule has 6 heteroatoms. The lowest BCUT2D eigenvalue weighted by atomic mass is 10.1. The second kappa shape index (κ2) is 8.27. The molecular formula is C14H27ClN4O. The Hall–Kier alpha value is -1.07. The number of carbonyl (C=O) groups is 1. The number of carbonyl (C=O) groups excluding carboxylic acids is 1. The number of rotatable bonds is 6. The van der Waals surface area contributed by atoms with Crippen LogP contribution in [0.15, 0.2) is 6.20 Å². The summed E-state index contributed by atoms with van der Waals surface area (Å²) in [5.74, 6) is -0.0368. The molecule has 0 aliphatic heterocycles. The van der Waals surface area contributed by atoms with Crippen molar-refractivity contribution in [3.05, 3.63) is 17.5 Å². The van der Waals surface area contributed by atoms with Crippen LogP contribution in [-0.2, 0) is 12.0 Å². The van der Waals surface area contributed by atoms with Gasteiger partial charge in [0.25, 0.3) is 5.91 Å². The van der Waals surface area contributed by atoms with E-state index in [0.29, 0.717) is 12.1 Å². The molecule has 0 aliphatic rings. The zero-order valence-electron chi connectivity index (χ0n) is 13.1. The molecule has 1 amide bonds. The maximum atomic E-state index is 12.1. The quantitative estimate of drug-likeness (QED) is 0.790. The average Bonchev–Trinajstić information content (AvgIpc) is 2.77. The highest BCUT2D eigenvalue weighted by Gasteiger charge is 2.22. The number of aromatic nitrogens is 2. The molecule has 0 bridgehead atoms. The van der Waals surface area contributed by atoms with E-state index >= 15 is 0 Å². The van der Waals surface area contributed by atoms with Gasteiger partial charge in [0.05, 0.1) is 23.0 Å². The predicted molar refractivity (Wildman–Crippen MR) is 84.7 cm³/mol. The number of nitrogens with zero attached hydrogens (tertiary/aromatic N) is 2. The van der Waals surface area contributed by atoms with Crippen LogP contribution in [-0.4, -0.2) is 35.3 Å². The fourth-order valence-corrected chi connectivity index (χ4v) is 2.02. The first-order chi connectivity index (χ1) is 8.91. The predicted octanol–water partition coefficient (Wildman–Crippen LogP) is 1.96. The summed E-state index contributed by atoms with van der Waals surface area (Å²) in [6, 6.07) is 0. The number of hydrogen-bond acceptors (Lipinski definition) is 3. The standard InChI is InChI=1S/C14H26N4O.ClH/c1-6-12-11(10-17-18(12)14(3,4)5)13(19)16-9-8-15-7-2;/h10,15H,6-9H2,1-5H3,(H,16,19);1H. The van der Waals surface area contributed by atoms with Gasteiger partial charge in [0.15, 0.2) is 0 Å². The van der Waals surface area contributed by atoms with Gasteiger partial charge < -0.3 is 10.6 Å². The third kappa shape index (κ3) is 4.80. The fraction of sp³-hybridized carbons (Fsp3) is 0.714. The minimum absolute atomic E-state index is 0. The van der Waals surface area contributed by atoms with E-state index in [9.17, 15) is 4.79 Å². The molecule has 1 aromatic rings. The van der Waals surface area contributed by atoms with Gasteiger partial charge in [-0.25, -0.2) is 0 Å². The minimum atomic E-state index is -0.104. The summed E-state index contributed by atoms with van der Waals surface area (Å²) in [5, 5.41) is 10.5. The molecule has 0 fully saturated rings. The van der Waals surface area contributed by atoms with E-state index in [1.165, 1.54) is 0 Å². The van der Waals surface area contributed by atoms with E-state index in [0.717, 1.165) is 25.2 Å². The molecule has 0 saturated heterocycles. The topological polar surface area (TPSA) is 58.9 Å². The molecule has 0 unspecified atom stereocenters. The van der Waals surface area contributed by atoms with E-state index in [4.69, 9.17) is 0 Å². The van der Waals surface area contributed by atoms with Gasteiger partial charge in [-0.2, -0.15) is 5.10 Å². The van der Waals surface area contributed by atoms with Crippen molar-refractivity contribution < 1.29 is 4.79 Å². The Morgan fingerprint density at radius 2 is 1.95 bits per heavy atom. The van der Waals surface area contributed by atoms with E-state index in [-0.39, 0.29) is 23.9 Å². The van der Waals surface area contributed by atoms with Crippen molar-refractivity contribution in [1.29, 1.82) is 0 Å². The molecule has 1 rings (SSSR count). The molecule has 0 radical (unpaired) electrons. The molecule has 5 nitrogen and oxygen atoms in total. The first kappa shape index (κ1) is 18.9. The van der Waals surface area contributed by atoms with Gasteiger partial charge in [-0.1, -0.05) is 13.8 Å². The first-order valence-electron chi connectivity index (χ1n) is 6.98. The molecule has 2 N–H and O–H groups in total. The minimum Gasteiger partial charge on any atom is -0.351 e. The number of hydrogen-bond donors (Lipinski definition) is 2. The Morgan fingerprint density at radius 3 is 2.45 bits per heavy atom. The average molecular weight is 303 g/mol. The number of amides is 1. The maximum absolute atomic E-state index is 12.1. The summed E-state index contributed by atoms with van der Waals surface area (Å²) < 4.78 is 1.94. The molecule has 0 aromatic carbocycles. The van der Waals surface area contributed by atoms with Crippen LogP contribution < -0.4 is 10.6 Å². The monoisotopic (exact) mass is 302 g/mol. The van der Waals surface area contributed by atoms with E-state index < -0.39 is 0 Å². The van der Waals surface area contributed by atoms with Gasteiger partial charge >= 0.3 is 0 Å². The van der Waals surface area contributed by atoms with Crippen LogP contribution in [0.1, 0.15) is 50.7 Å². The van der Waals surface area contributed by atoms with Gasteiger partial charge in [-0.05, 0) is 33.7 Å². The molecule has 1 heterocycles. The lowest BCUT2D eigenvalue weighted by Gasteiger charge is -2.22. The smallest absolute Gasteiger partial charge is 0.254 e. The summed E-state index contributed by atoms with van der Waals surface area (Å²) in [7, 11) is 0. The van der Waals surface area contributed by atoms with E-state index in [2.05, 4.69) is 43.4 Å². The molecule has 116 valence electrons. The first-order valence-corrected chi connectivity index (χ1v) is 6.98. The van der Waals surface area contributed by atoms with Crippen molar-refractivity contribution in [3.63, 3.8) is 0 Å². The third-order valence-corrected chi connectivity index (χ3v) is 2.92. The third-order valence-electron chi connectivity index (χ3n) is 2.92. The van der Waals surface area contributed by atoms with Crippen molar-refractivity contribution in [2.75, 3.05) is 19.6 Å². The maximum Gasteiger partial charge on any atom is 0.254 e. The zero-order chi connectivity index (χ0) is 14.5. The fourth-order valence-electron chi connectivity index (χ4n) is 2.02. The van der Waals surface area contributed by atoms with Crippen molar-refractivity contribution in [3.8, 4) is 0 Å². The number of nitrogens with one attached hydrogen (secondary N) is 2. The molecule has 0 aliphatic carbocycles. The lowest BCUT2D eigenvalue weighted by Crippen LogP contribution is -2.32. The number of halogens is 1. The largest absolute Gasteiger partial charge is 0.351 e. The van der Waals surface area contributed by atoms with Crippen LogP contribution in [0.2, 0.25) is 0 Å². The van der Waals surface area contributed by atoms with Gasteiger partial charge in [-0.3, -0.25) is 9.48 Å². The Morgan fingerprint density at radius 1 is 1.30 bits per heavy atom. The van der Waals surface area contributed by atoms with Gasteiger partial charge in [0.2, 0.25) is 0 Å².